The van der Waals surface area contributed by atoms with Crippen LogP contribution in [0.3, 0.4) is 0 Å². The zero-order chi connectivity index (χ0) is 18.5. The van der Waals surface area contributed by atoms with Gasteiger partial charge in [0, 0.05) is 33.8 Å². The Kier molecular flexibility index (Phi) is 6.25. The van der Waals surface area contributed by atoms with E-state index in [1.54, 1.807) is 11.8 Å². The number of hydrogen-bond donors (Lipinski definition) is 2. The summed E-state index contributed by atoms with van der Waals surface area (Å²) in [5.74, 6) is 0.277. The molecule has 1 heterocycles. The van der Waals surface area contributed by atoms with Gasteiger partial charge < -0.3 is 11.5 Å². The molecule has 1 aliphatic rings. The van der Waals surface area contributed by atoms with Gasteiger partial charge in [-0.3, -0.25) is 9.59 Å². The zero-order valence-corrected chi connectivity index (χ0v) is 15.6. The van der Waals surface area contributed by atoms with Crippen LogP contribution in [-0.2, 0) is 6.42 Å². The van der Waals surface area contributed by atoms with Crippen molar-refractivity contribution in [1.29, 1.82) is 0 Å². The minimum Gasteiger partial charge on any atom is -0.330 e. The largest absolute Gasteiger partial charge is 0.330 e. The summed E-state index contributed by atoms with van der Waals surface area (Å²) in [6, 6.07) is 11.8. The van der Waals surface area contributed by atoms with E-state index in [4.69, 9.17) is 11.5 Å². The van der Waals surface area contributed by atoms with Gasteiger partial charge in [0.2, 0.25) is 0 Å². The second kappa shape index (κ2) is 8.62. The zero-order valence-electron chi connectivity index (χ0n) is 14.8. The predicted octanol–water partition coefficient (Wildman–Crippen LogP) is 3.59. The van der Waals surface area contributed by atoms with Crippen LogP contribution in [0.5, 0.6) is 0 Å². The lowest BCUT2D eigenvalue weighted by atomic mass is 9.96. The molecule has 2 aromatic rings. The third-order valence-electron chi connectivity index (χ3n) is 4.58. The van der Waals surface area contributed by atoms with E-state index in [1.807, 2.05) is 36.4 Å². The maximum atomic E-state index is 12.3. The molecule has 0 aliphatic carbocycles. The van der Waals surface area contributed by atoms with Gasteiger partial charge in [0.05, 0.1) is 0 Å². The fraction of sp³-hybridized carbons (Fsp3) is 0.333. The van der Waals surface area contributed by atoms with E-state index in [1.165, 1.54) is 9.79 Å². The molecular formula is C21H24N2O2S. The van der Waals surface area contributed by atoms with Crippen LogP contribution in [0, 0.1) is 0 Å². The number of rotatable bonds is 8. The molecule has 3 rings (SSSR count). The number of ketones is 2. The van der Waals surface area contributed by atoms with E-state index < -0.39 is 0 Å². The molecule has 0 amide bonds. The Labute approximate surface area is 158 Å². The molecule has 0 saturated carbocycles. The molecule has 0 fully saturated rings. The molecule has 0 bridgehead atoms. The van der Waals surface area contributed by atoms with Crippen LogP contribution in [0.2, 0.25) is 0 Å². The first-order valence-corrected chi connectivity index (χ1v) is 9.84. The Hall–Kier alpha value is -1.95. The summed E-state index contributed by atoms with van der Waals surface area (Å²) < 4.78 is 0. The van der Waals surface area contributed by atoms with Crippen molar-refractivity contribution < 1.29 is 9.59 Å². The van der Waals surface area contributed by atoms with Crippen molar-refractivity contribution in [2.45, 2.75) is 41.9 Å². The summed E-state index contributed by atoms with van der Waals surface area (Å²) in [7, 11) is 0. The van der Waals surface area contributed by atoms with Crippen molar-refractivity contribution in [1.82, 2.24) is 0 Å². The summed E-state index contributed by atoms with van der Waals surface area (Å²) in [4.78, 5) is 26.9. The van der Waals surface area contributed by atoms with E-state index in [0.29, 0.717) is 38.8 Å². The number of fused-ring (bicyclic) bond motifs is 2. The lowest BCUT2D eigenvalue weighted by Gasteiger charge is -2.20. The van der Waals surface area contributed by atoms with Gasteiger partial charge >= 0.3 is 0 Å². The number of hydrogen-bond acceptors (Lipinski definition) is 5. The van der Waals surface area contributed by atoms with E-state index >= 15 is 0 Å². The molecule has 0 unspecified atom stereocenters. The Balaban J connectivity index is 1.81. The molecule has 2 aromatic carbocycles. The van der Waals surface area contributed by atoms with E-state index in [0.717, 1.165) is 28.7 Å². The summed E-state index contributed by atoms with van der Waals surface area (Å²) in [5.41, 5.74) is 14.8. The van der Waals surface area contributed by atoms with Crippen molar-refractivity contribution in [2.75, 3.05) is 13.1 Å². The Morgan fingerprint density at radius 3 is 1.69 bits per heavy atom. The highest BCUT2D eigenvalue weighted by molar-refractivity contribution is 7.99. The van der Waals surface area contributed by atoms with Gasteiger partial charge in [-0.1, -0.05) is 23.9 Å². The third kappa shape index (κ3) is 4.23. The standard InChI is InChI=1S/C21H24N2O2S/c22-9-1-3-18(24)14-5-7-20-16(11-14)13-17-12-15(6-8-21(17)26-20)19(25)4-2-10-23/h5-8,11-12H,1-4,9-10,13,22-23H2. The number of carbonyl (C=O) groups excluding carboxylic acids is 2. The molecule has 0 radical (unpaired) electrons. The summed E-state index contributed by atoms with van der Waals surface area (Å²) in [6.45, 7) is 1.06. The predicted molar refractivity (Wildman–Crippen MR) is 105 cm³/mol. The minimum absolute atomic E-state index is 0.139. The van der Waals surface area contributed by atoms with Crippen molar-refractivity contribution >= 4 is 23.3 Å². The fourth-order valence-corrected chi connectivity index (χ4v) is 4.15. The van der Waals surface area contributed by atoms with E-state index in [9.17, 15) is 9.59 Å². The minimum atomic E-state index is 0.139. The molecule has 0 saturated heterocycles. The van der Waals surface area contributed by atoms with Gasteiger partial charge in [-0.2, -0.15) is 0 Å². The van der Waals surface area contributed by atoms with Crippen LogP contribution in [0.25, 0.3) is 0 Å². The van der Waals surface area contributed by atoms with Crippen molar-refractivity contribution in [3.05, 3.63) is 58.7 Å². The van der Waals surface area contributed by atoms with Gasteiger partial charge in [-0.05, 0) is 67.7 Å². The van der Waals surface area contributed by atoms with Crippen LogP contribution >= 0.6 is 11.8 Å². The SMILES string of the molecule is NCCCC(=O)c1ccc2c(c1)Cc1cc(C(=O)CCCN)ccc1S2. The monoisotopic (exact) mass is 368 g/mol. The molecule has 1 aliphatic heterocycles. The second-order valence-corrected chi connectivity index (χ2v) is 7.64. The topological polar surface area (TPSA) is 86.2 Å². The molecule has 5 heteroatoms. The third-order valence-corrected chi connectivity index (χ3v) is 5.82. The fourth-order valence-electron chi connectivity index (χ4n) is 3.12. The molecule has 26 heavy (non-hydrogen) atoms. The lowest BCUT2D eigenvalue weighted by molar-refractivity contribution is 0.0973. The summed E-state index contributed by atoms with van der Waals surface area (Å²) in [5, 5.41) is 0. The van der Waals surface area contributed by atoms with Crippen LogP contribution in [0.1, 0.15) is 57.5 Å². The van der Waals surface area contributed by atoms with Crippen molar-refractivity contribution in [2.24, 2.45) is 11.5 Å². The molecule has 0 spiro atoms. The van der Waals surface area contributed by atoms with Gasteiger partial charge in [-0.25, -0.2) is 0 Å². The molecule has 0 atom stereocenters. The normalized spacial score (nSPS) is 12.4. The van der Waals surface area contributed by atoms with Gasteiger partial charge in [0.15, 0.2) is 11.6 Å². The molecule has 4 N–H and O–H groups in total. The van der Waals surface area contributed by atoms with Gasteiger partial charge in [0.1, 0.15) is 0 Å². The first-order valence-electron chi connectivity index (χ1n) is 9.02. The van der Waals surface area contributed by atoms with Crippen molar-refractivity contribution in [3.63, 3.8) is 0 Å². The lowest BCUT2D eigenvalue weighted by Crippen LogP contribution is -2.08. The number of Topliss-reactive ketones (excluding diaryl/α,β-unsaturated/α-hetero) is 2. The van der Waals surface area contributed by atoms with Gasteiger partial charge in [-0.15, -0.1) is 0 Å². The Bertz CT molecular complexity index is 765. The average molecular weight is 369 g/mol. The molecule has 4 nitrogen and oxygen atoms in total. The quantitative estimate of drug-likeness (QED) is 0.594. The highest BCUT2D eigenvalue weighted by Gasteiger charge is 2.19. The maximum Gasteiger partial charge on any atom is 0.162 e. The number of carbonyl (C=O) groups is 2. The van der Waals surface area contributed by atoms with Gasteiger partial charge in [0.25, 0.3) is 0 Å². The van der Waals surface area contributed by atoms with Crippen LogP contribution in [0.15, 0.2) is 46.2 Å². The van der Waals surface area contributed by atoms with Crippen LogP contribution in [0.4, 0.5) is 0 Å². The summed E-state index contributed by atoms with van der Waals surface area (Å²) >= 11 is 1.70. The van der Waals surface area contributed by atoms with Crippen molar-refractivity contribution in [3.8, 4) is 0 Å². The number of benzene rings is 2. The second-order valence-electron chi connectivity index (χ2n) is 6.55. The summed E-state index contributed by atoms with van der Waals surface area (Å²) in [6.07, 6.45) is 3.13. The number of nitrogens with two attached hydrogens (primary N) is 2. The van der Waals surface area contributed by atoms with Crippen LogP contribution in [-0.4, -0.2) is 24.7 Å². The highest BCUT2D eigenvalue weighted by atomic mass is 32.2. The molecular weight excluding hydrogens is 344 g/mol. The average Bonchev–Trinajstić information content (AvgIpc) is 2.67. The maximum absolute atomic E-state index is 12.3. The first kappa shape index (κ1) is 18.8. The highest BCUT2D eigenvalue weighted by Crippen LogP contribution is 2.40. The van der Waals surface area contributed by atoms with E-state index in [2.05, 4.69) is 0 Å². The first-order chi connectivity index (χ1) is 12.6. The Morgan fingerprint density at radius 2 is 1.27 bits per heavy atom. The molecule has 136 valence electrons. The molecule has 0 aromatic heterocycles. The van der Waals surface area contributed by atoms with Crippen LogP contribution < -0.4 is 11.5 Å². The smallest absolute Gasteiger partial charge is 0.162 e. The Morgan fingerprint density at radius 1 is 0.808 bits per heavy atom. The van der Waals surface area contributed by atoms with E-state index in [-0.39, 0.29) is 11.6 Å².